The highest BCUT2D eigenvalue weighted by Crippen LogP contribution is 2.24. The Bertz CT molecular complexity index is 532. The number of hydrogen-bond acceptors (Lipinski definition) is 3. The predicted octanol–water partition coefficient (Wildman–Crippen LogP) is 3.94. The summed E-state index contributed by atoms with van der Waals surface area (Å²) in [5, 5.41) is 3.25. The van der Waals surface area contributed by atoms with Gasteiger partial charge in [-0.15, -0.1) is 24.0 Å². The topological polar surface area (TPSA) is 72.5 Å². The number of aliphatic imine (C=N–C) groups is 1. The molecule has 5 nitrogen and oxygen atoms in total. The molecule has 0 aliphatic carbocycles. The maximum atomic E-state index is 5.98. The summed E-state index contributed by atoms with van der Waals surface area (Å²) >= 11 is 0. The molecule has 1 unspecified atom stereocenters. The van der Waals surface area contributed by atoms with Crippen molar-refractivity contribution in [1.82, 2.24) is 10.3 Å². The van der Waals surface area contributed by atoms with Gasteiger partial charge in [0.15, 0.2) is 5.96 Å². The van der Waals surface area contributed by atoms with Gasteiger partial charge in [-0.05, 0) is 33.1 Å². The lowest BCUT2D eigenvalue weighted by atomic mass is 10.0. The summed E-state index contributed by atoms with van der Waals surface area (Å²) < 4.78 is 5.42. The minimum absolute atomic E-state index is 0. The highest BCUT2D eigenvalue weighted by Gasteiger charge is 2.09. The van der Waals surface area contributed by atoms with Gasteiger partial charge in [0.05, 0.1) is 19.3 Å². The van der Waals surface area contributed by atoms with Crippen LogP contribution in [0.1, 0.15) is 56.9 Å². The molecule has 138 valence electrons. The molecule has 0 radical (unpaired) electrons. The lowest BCUT2D eigenvalue weighted by Gasteiger charge is -2.15. The van der Waals surface area contributed by atoms with E-state index in [1.54, 1.807) is 7.11 Å². The van der Waals surface area contributed by atoms with Crippen molar-refractivity contribution < 1.29 is 4.74 Å². The predicted molar refractivity (Wildman–Crippen MR) is 112 cm³/mol. The molecule has 0 aromatic carbocycles. The van der Waals surface area contributed by atoms with E-state index in [1.165, 1.54) is 12.8 Å². The number of nitrogens with two attached hydrogens (primary N) is 1. The van der Waals surface area contributed by atoms with Crippen molar-refractivity contribution in [2.24, 2.45) is 16.6 Å². The lowest BCUT2D eigenvalue weighted by molar-refractivity contribution is 0.407. The van der Waals surface area contributed by atoms with Crippen LogP contribution in [0, 0.1) is 19.8 Å². The quantitative estimate of drug-likeness (QED) is 0.359. The molecule has 0 bridgehead atoms. The third kappa shape index (κ3) is 7.68. The van der Waals surface area contributed by atoms with Crippen LogP contribution in [0.25, 0.3) is 0 Å². The molecule has 0 fully saturated rings. The van der Waals surface area contributed by atoms with E-state index in [0.29, 0.717) is 18.5 Å². The summed E-state index contributed by atoms with van der Waals surface area (Å²) in [4.78, 5) is 8.84. The average molecular weight is 448 g/mol. The van der Waals surface area contributed by atoms with Gasteiger partial charge in [-0.3, -0.25) is 4.98 Å². The van der Waals surface area contributed by atoms with Crippen LogP contribution in [-0.2, 0) is 6.54 Å². The fourth-order valence-corrected chi connectivity index (χ4v) is 2.59. The lowest BCUT2D eigenvalue weighted by Crippen LogP contribution is -2.38. The van der Waals surface area contributed by atoms with Crippen LogP contribution in [-0.4, -0.2) is 24.1 Å². The number of halogens is 1. The molecule has 0 amide bonds. The van der Waals surface area contributed by atoms with Crippen molar-refractivity contribution in [3.8, 4) is 5.75 Å². The van der Waals surface area contributed by atoms with E-state index >= 15 is 0 Å². The van der Waals surface area contributed by atoms with E-state index in [-0.39, 0.29) is 24.0 Å². The van der Waals surface area contributed by atoms with Gasteiger partial charge in [0.1, 0.15) is 5.75 Å². The van der Waals surface area contributed by atoms with E-state index < -0.39 is 0 Å². The van der Waals surface area contributed by atoms with Crippen molar-refractivity contribution in [3.05, 3.63) is 23.0 Å². The van der Waals surface area contributed by atoms with Gasteiger partial charge < -0.3 is 15.8 Å². The average Bonchev–Trinajstić information content (AvgIpc) is 2.46. The van der Waals surface area contributed by atoms with Gasteiger partial charge in [-0.1, -0.05) is 26.7 Å². The van der Waals surface area contributed by atoms with Gasteiger partial charge >= 0.3 is 0 Å². The standard InChI is InChI=1S/C18H32N4O.HI/c1-12(2)8-7-9-14(4)22-18(19)21-11-16-15(5)17(23-6)13(3)10-20-16;/h10,12,14H,7-9,11H2,1-6H3,(H3,19,21,22);1H. The summed E-state index contributed by atoms with van der Waals surface area (Å²) in [5.41, 5.74) is 8.93. The Labute approximate surface area is 163 Å². The second kappa shape index (κ2) is 11.5. The molecule has 0 saturated carbocycles. The summed E-state index contributed by atoms with van der Waals surface area (Å²) in [5.74, 6) is 2.10. The first kappa shape index (κ1) is 22.9. The van der Waals surface area contributed by atoms with Gasteiger partial charge in [0, 0.05) is 23.4 Å². The van der Waals surface area contributed by atoms with E-state index in [0.717, 1.165) is 34.9 Å². The maximum Gasteiger partial charge on any atom is 0.189 e. The molecule has 24 heavy (non-hydrogen) atoms. The highest BCUT2D eigenvalue weighted by molar-refractivity contribution is 14.0. The van der Waals surface area contributed by atoms with Crippen LogP contribution < -0.4 is 15.8 Å². The first-order valence-electron chi connectivity index (χ1n) is 8.40. The zero-order valence-corrected chi connectivity index (χ0v) is 18.2. The third-order valence-electron chi connectivity index (χ3n) is 3.96. The molecule has 1 heterocycles. The largest absolute Gasteiger partial charge is 0.496 e. The number of aryl methyl sites for hydroxylation is 1. The van der Waals surface area contributed by atoms with Crippen molar-refractivity contribution in [1.29, 1.82) is 0 Å². The van der Waals surface area contributed by atoms with Crippen molar-refractivity contribution in [3.63, 3.8) is 0 Å². The molecule has 1 rings (SSSR count). The molecule has 1 atom stereocenters. The molecule has 0 aliphatic heterocycles. The third-order valence-corrected chi connectivity index (χ3v) is 3.96. The second-order valence-corrected chi connectivity index (χ2v) is 6.62. The molecule has 0 saturated heterocycles. The van der Waals surface area contributed by atoms with E-state index in [1.807, 2.05) is 20.0 Å². The van der Waals surface area contributed by atoms with Crippen LogP contribution >= 0.6 is 24.0 Å². The first-order chi connectivity index (χ1) is 10.8. The Kier molecular flexibility index (Phi) is 11.0. The number of pyridine rings is 1. The molecule has 1 aromatic rings. The van der Waals surface area contributed by atoms with Gasteiger partial charge in [0.2, 0.25) is 0 Å². The Hall–Kier alpha value is -1.05. The van der Waals surface area contributed by atoms with Crippen LogP contribution in [0.3, 0.4) is 0 Å². The monoisotopic (exact) mass is 448 g/mol. The number of methoxy groups -OCH3 is 1. The molecule has 0 aliphatic rings. The van der Waals surface area contributed by atoms with Crippen LogP contribution in [0.5, 0.6) is 5.75 Å². The molecular formula is C18H33IN4O. The minimum atomic E-state index is 0. The smallest absolute Gasteiger partial charge is 0.189 e. The minimum Gasteiger partial charge on any atom is -0.496 e. The molecule has 1 aromatic heterocycles. The van der Waals surface area contributed by atoms with Crippen molar-refractivity contribution >= 4 is 29.9 Å². The molecular weight excluding hydrogens is 415 g/mol. The van der Waals surface area contributed by atoms with Crippen molar-refractivity contribution in [2.75, 3.05) is 7.11 Å². The summed E-state index contributed by atoms with van der Waals surface area (Å²) in [7, 11) is 1.68. The Balaban J connectivity index is 0.00000529. The Morgan fingerprint density at radius 3 is 2.54 bits per heavy atom. The van der Waals surface area contributed by atoms with Gasteiger partial charge in [0.25, 0.3) is 0 Å². The first-order valence-corrected chi connectivity index (χ1v) is 8.40. The number of aromatic nitrogens is 1. The zero-order valence-electron chi connectivity index (χ0n) is 15.8. The van der Waals surface area contributed by atoms with E-state index in [4.69, 9.17) is 10.5 Å². The van der Waals surface area contributed by atoms with E-state index in [2.05, 4.69) is 36.1 Å². The van der Waals surface area contributed by atoms with Crippen LogP contribution in [0.2, 0.25) is 0 Å². The number of ether oxygens (including phenoxy) is 1. The number of nitrogens with one attached hydrogen (secondary N) is 1. The fraction of sp³-hybridized carbons (Fsp3) is 0.667. The number of hydrogen-bond donors (Lipinski definition) is 2. The molecule has 6 heteroatoms. The van der Waals surface area contributed by atoms with Crippen LogP contribution in [0.4, 0.5) is 0 Å². The number of guanidine groups is 1. The summed E-state index contributed by atoms with van der Waals surface area (Å²) in [6, 6.07) is 0.333. The maximum absolute atomic E-state index is 5.98. The zero-order chi connectivity index (χ0) is 17.4. The van der Waals surface area contributed by atoms with E-state index in [9.17, 15) is 0 Å². The SMILES string of the molecule is COc1c(C)cnc(CN=C(N)NC(C)CCCC(C)C)c1C.I. The fourth-order valence-electron chi connectivity index (χ4n) is 2.59. The van der Waals surface area contributed by atoms with Crippen molar-refractivity contribution in [2.45, 2.75) is 66.5 Å². The second-order valence-electron chi connectivity index (χ2n) is 6.62. The van der Waals surface area contributed by atoms with Gasteiger partial charge in [-0.2, -0.15) is 0 Å². The molecule has 0 spiro atoms. The molecule has 3 N–H and O–H groups in total. The Morgan fingerprint density at radius 2 is 1.96 bits per heavy atom. The highest BCUT2D eigenvalue weighted by atomic mass is 127. The number of nitrogens with zero attached hydrogens (tertiary/aromatic N) is 2. The summed E-state index contributed by atoms with van der Waals surface area (Å²) in [6.45, 7) is 11.1. The summed E-state index contributed by atoms with van der Waals surface area (Å²) in [6.07, 6.45) is 5.36. The van der Waals surface area contributed by atoms with Gasteiger partial charge in [-0.25, -0.2) is 4.99 Å². The Morgan fingerprint density at radius 1 is 1.29 bits per heavy atom. The number of rotatable bonds is 8. The van der Waals surface area contributed by atoms with Crippen LogP contribution in [0.15, 0.2) is 11.2 Å². The normalized spacial score (nSPS) is 12.7.